The minimum Gasteiger partial charge on any atom is -0.290 e. The van der Waals surface area contributed by atoms with Gasteiger partial charge in [-0.3, -0.25) is 14.1 Å². The standard InChI is InChI=1S/C34H41N7O/c1-8-9-13-25-22-41(30-28(33(2,3)4)16-12-17-29(30)34(5,6)7)32(42)40(25)21-24-19-18-23(20-35-24)26-14-10-11-15-27(26)31-36-38-39-37-31/h10-12,14-20,22H,8-9,13,21H2,1-7H3,(H,36,37,38,39). The lowest BCUT2D eigenvalue weighted by atomic mass is 9.78. The normalized spacial score (nSPS) is 12.2. The van der Waals surface area contributed by atoms with Gasteiger partial charge in [0, 0.05) is 29.2 Å². The van der Waals surface area contributed by atoms with Crippen LogP contribution in [0.25, 0.3) is 28.2 Å². The van der Waals surface area contributed by atoms with Gasteiger partial charge in [0.15, 0.2) is 5.82 Å². The van der Waals surface area contributed by atoms with Crippen LogP contribution in [0.5, 0.6) is 0 Å². The molecule has 1 N–H and O–H groups in total. The second kappa shape index (κ2) is 11.5. The zero-order chi connectivity index (χ0) is 30.1. The smallest absolute Gasteiger partial charge is 0.290 e. The Labute approximate surface area is 247 Å². The Hall–Kier alpha value is -4.33. The summed E-state index contributed by atoms with van der Waals surface area (Å²) in [6.07, 6.45) is 6.82. The van der Waals surface area contributed by atoms with Crippen molar-refractivity contribution in [1.29, 1.82) is 0 Å². The van der Waals surface area contributed by atoms with Gasteiger partial charge in [-0.2, -0.15) is 0 Å². The van der Waals surface area contributed by atoms with Crippen molar-refractivity contribution in [3.05, 3.63) is 100.0 Å². The lowest BCUT2D eigenvalue weighted by molar-refractivity contribution is 0.559. The van der Waals surface area contributed by atoms with E-state index in [-0.39, 0.29) is 16.5 Å². The third-order valence-electron chi connectivity index (χ3n) is 7.72. The van der Waals surface area contributed by atoms with Crippen molar-refractivity contribution in [2.24, 2.45) is 0 Å². The van der Waals surface area contributed by atoms with Gasteiger partial charge >= 0.3 is 5.69 Å². The van der Waals surface area contributed by atoms with Crippen molar-refractivity contribution in [3.63, 3.8) is 0 Å². The van der Waals surface area contributed by atoms with Crippen molar-refractivity contribution >= 4 is 0 Å². The Balaban J connectivity index is 1.57. The molecule has 0 amide bonds. The molecule has 218 valence electrons. The van der Waals surface area contributed by atoms with Crippen LogP contribution in [-0.2, 0) is 23.8 Å². The lowest BCUT2D eigenvalue weighted by Crippen LogP contribution is -2.29. The van der Waals surface area contributed by atoms with Crippen LogP contribution < -0.4 is 5.69 Å². The Morgan fingerprint density at radius 1 is 0.857 bits per heavy atom. The summed E-state index contributed by atoms with van der Waals surface area (Å²) in [6.45, 7) is 15.8. The first kappa shape index (κ1) is 29.2. The molecule has 0 spiro atoms. The van der Waals surface area contributed by atoms with Crippen LogP contribution in [0.15, 0.2) is 71.8 Å². The summed E-state index contributed by atoms with van der Waals surface area (Å²) in [7, 11) is 0. The fourth-order valence-electron chi connectivity index (χ4n) is 5.48. The van der Waals surface area contributed by atoms with E-state index >= 15 is 0 Å². The average Bonchev–Trinajstić information content (AvgIpc) is 3.60. The van der Waals surface area contributed by atoms with Crippen LogP contribution in [0, 0.1) is 0 Å². The number of imidazole rings is 1. The molecule has 0 aliphatic heterocycles. The summed E-state index contributed by atoms with van der Waals surface area (Å²) in [4.78, 5) is 19.1. The molecule has 0 radical (unpaired) electrons. The van der Waals surface area contributed by atoms with Gasteiger partial charge in [-0.25, -0.2) is 9.89 Å². The summed E-state index contributed by atoms with van der Waals surface area (Å²) in [5.74, 6) is 0.605. The molecule has 3 aromatic heterocycles. The third kappa shape index (κ3) is 5.84. The van der Waals surface area contributed by atoms with E-state index in [2.05, 4.69) is 93.5 Å². The first-order valence-electron chi connectivity index (χ1n) is 14.7. The molecule has 0 aliphatic rings. The van der Waals surface area contributed by atoms with Crippen molar-refractivity contribution in [1.82, 2.24) is 34.7 Å². The third-order valence-corrected chi connectivity index (χ3v) is 7.72. The fourth-order valence-corrected chi connectivity index (χ4v) is 5.48. The molecule has 2 aromatic carbocycles. The van der Waals surface area contributed by atoms with Crippen LogP contribution in [0.4, 0.5) is 0 Å². The highest BCUT2D eigenvalue weighted by Crippen LogP contribution is 2.36. The maximum atomic E-state index is 14.3. The van der Waals surface area contributed by atoms with E-state index in [1.807, 2.05) is 51.7 Å². The number of hydrogen-bond donors (Lipinski definition) is 1. The molecule has 5 aromatic rings. The Morgan fingerprint density at radius 3 is 2.12 bits per heavy atom. The molecule has 0 saturated heterocycles. The van der Waals surface area contributed by atoms with Crippen LogP contribution in [0.1, 0.15) is 83.8 Å². The van der Waals surface area contributed by atoms with E-state index < -0.39 is 0 Å². The molecular weight excluding hydrogens is 522 g/mol. The molecule has 5 rings (SSSR count). The maximum Gasteiger partial charge on any atom is 0.333 e. The van der Waals surface area contributed by atoms with E-state index in [1.54, 1.807) is 0 Å². The van der Waals surface area contributed by atoms with Crippen LogP contribution in [0.3, 0.4) is 0 Å². The van der Waals surface area contributed by atoms with Gasteiger partial charge in [0.25, 0.3) is 0 Å². The SMILES string of the molecule is CCCCc1cn(-c2c(C(C)(C)C)cccc2C(C)(C)C)c(=O)n1Cc1ccc(-c2ccccc2-c2nnn[nH]2)cn1. The topological polar surface area (TPSA) is 94.3 Å². The molecule has 0 saturated carbocycles. The van der Waals surface area contributed by atoms with Gasteiger partial charge in [0.1, 0.15) is 0 Å². The monoisotopic (exact) mass is 563 g/mol. The van der Waals surface area contributed by atoms with E-state index in [4.69, 9.17) is 4.98 Å². The Kier molecular flexibility index (Phi) is 7.99. The number of H-pyrrole nitrogens is 1. The second-order valence-electron chi connectivity index (χ2n) is 13.0. The lowest BCUT2D eigenvalue weighted by Gasteiger charge is -2.29. The molecule has 0 fully saturated rings. The van der Waals surface area contributed by atoms with Gasteiger partial charge in [-0.15, -0.1) is 5.10 Å². The number of unbranched alkanes of at least 4 members (excludes halogenated alkanes) is 1. The number of aromatic amines is 1. The Morgan fingerprint density at radius 2 is 1.55 bits per heavy atom. The van der Waals surface area contributed by atoms with E-state index in [0.717, 1.165) is 53.0 Å². The van der Waals surface area contributed by atoms with Gasteiger partial charge in [-0.05, 0) is 56.9 Å². The number of aromatic nitrogens is 7. The van der Waals surface area contributed by atoms with Crippen molar-refractivity contribution in [2.45, 2.75) is 85.1 Å². The molecular formula is C34H41N7O. The molecule has 0 atom stereocenters. The first-order valence-corrected chi connectivity index (χ1v) is 14.7. The zero-order valence-electron chi connectivity index (χ0n) is 25.8. The number of benzene rings is 2. The fraction of sp³-hybridized carbons (Fsp3) is 0.382. The summed E-state index contributed by atoms with van der Waals surface area (Å²) < 4.78 is 3.79. The molecule has 42 heavy (non-hydrogen) atoms. The summed E-state index contributed by atoms with van der Waals surface area (Å²) in [5.41, 5.74) is 7.74. The molecule has 3 heterocycles. The highest BCUT2D eigenvalue weighted by atomic mass is 16.1. The number of para-hydroxylation sites is 1. The zero-order valence-corrected chi connectivity index (χ0v) is 25.8. The van der Waals surface area contributed by atoms with Gasteiger partial charge in [-0.1, -0.05) is 103 Å². The van der Waals surface area contributed by atoms with E-state index in [1.165, 1.54) is 11.1 Å². The van der Waals surface area contributed by atoms with E-state index in [9.17, 15) is 4.79 Å². The molecule has 8 heteroatoms. The summed E-state index contributed by atoms with van der Waals surface area (Å²) in [5, 5.41) is 14.4. The number of pyridine rings is 1. The first-order chi connectivity index (χ1) is 20.0. The van der Waals surface area contributed by atoms with Gasteiger partial charge in [0.05, 0.1) is 17.9 Å². The highest BCUT2D eigenvalue weighted by molar-refractivity contribution is 5.79. The minimum atomic E-state index is -0.128. The maximum absolute atomic E-state index is 14.3. The minimum absolute atomic E-state index is 0.0302. The number of nitrogens with one attached hydrogen (secondary N) is 1. The van der Waals surface area contributed by atoms with E-state index in [0.29, 0.717) is 12.4 Å². The summed E-state index contributed by atoms with van der Waals surface area (Å²) in [6, 6.07) is 18.4. The predicted molar refractivity (Wildman–Crippen MR) is 168 cm³/mol. The number of tetrazole rings is 1. The van der Waals surface area contributed by atoms with Crippen molar-refractivity contribution in [2.75, 3.05) is 0 Å². The molecule has 0 aliphatic carbocycles. The van der Waals surface area contributed by atoms with Crippen LogP contribution >= 0.6 is 0 Å². The highest BCUT2D eigenvalue weighted by Gasteiger charge is 2.28. The number of aryl methyl sites for hydroxylation is 1. The van der Waals surface area contributed by atoms with Crippen LogP contribution in [0.2, 0.25) is 0 Å². The van der Waals surface area contributed by atoms with Gasteiger partial charge in [0.2, 0.25) is 0 Å². The van der Waals surface area contributed by atoms with Gasteiger partial charge < -0.3 is 0 Å². The second-order valence-corrected chi connectivity index (χ2v) is 13.0. The Bertz CT molecular complexity index is 1680. The van der Waals surface area contributed by atoms with Crippen molar-refractivity contribution < 1.29 is 0 Å². The largest absolute Gasteiger partial charge is 0.333 e. The molecule has 0 bridgehead atoms. The molecule has 0 unspecified atom stereocenters. The number of hydrogen-bond acceptors (Lipinski definition) is 5. The average molecular weight is 564 g/mol. The predicted octanol–water partition coefficient (Wildman–Crippen LogP) is 6.87. The van der Waals surface area contributed by atoms with Crippen LogP contribution in [-0.4, -0.2) is 34.7 Å². The number of nitrogens with zero attached hydrogens (tertiary/aromatic N) is 6. The quantitative estimate of drug-likeness (QED) is 0.222. The number of rotatable bonds is 8. The van der Waals surface area contributed by atoms with Crippen molar-refractivity contribution in [3.8, 4) is 28.2 Å². The molecule has 8 nitrogen and oxygen atoms in total. The summed E-state index contributed by atoms with van der Waals surface area (Å²) >= 11 is 0.